The van der Waals surface area contributed by atoms with Gasteiger partial charge >= 0.3 is 0 Å². The van der Waals surface area contributed by atoms with Crippen LogP contribution in [-0.4, -0.2) is 37.1 Å². The first kappa shape index (κ1) is 17.5. The first-order chi connectivity index (χ1) is 11.8. The Morgan fingerprint density at radius 3 is 2.21 bits per heavy atom. The summed E-state index contributed by atoms with van der Waals surface area (Å²) in [6.07, 6.45) is 3.91. The number of fused-ring (bicyclic) bond motifs is 1. The predicted octanol–water partition coefficient (Wildman–Crippen LogP) is 4.98. The summed E-state index contributed by atoms with van der Waals surface area (Å²) in [7, 11) is 0. The van der Waals surface area contributed by atoms with Gasteiger partial charge in [-0.3, -0.25) is 0 Å². The molecule has 4 rings (SSSR count). The van der Waals surface area contributed by atoms with Gasteiger partial charge in [0.2, 0.25) is 0 Å². The number of anilines is 1. The molecule has 0 saturated carbocycles. The topological polar surface area (TPSA) is 6.48 Å². The number of likely N-dealkylation sites (tertiary alicyclic amines) is 1. The molecule has 0 bridgehead atoms. The van der Waals surface area contributed by atoms with Crippen molar-refractivity contribution < 1.29 is 0 Å². The molecule has 2 aliphatic heterocycles. The van der Waals surface area contributed by atoms with Gasteiger partial charge in [0.1, 0.15) is 0 Å². The van der Waals surface area contributed by atoms with Gasteiger partial charge in [0, 0.05) is 35.8 Å². The van der Waals surface area contributed by atoms with Crippen LogP contribution in [0.15, 0.2) is 59.1 Å². The lowest BCUT2D eigenvalue weighted by Crippen LogP contribution is -2.44. The van der Waals surface area contributed by atoms with Gasteiger partial charge in [-0.25, -0.2) is 0 Å². The second kappa shape index (κ2) is 8.68. The molecule has 0 unspecified atom stereocenters. The fourth-order valence-corrected chi connectivity index (χ4v) is 4.01. The zero-order valence-corrected chi connectivity index (χ0v) is 16.1. The normalized spacial score (nSPS) is 18.0. The Balaban J connectivity index is 0.000000203. The number of hydrogen-bond acceptors (Lipinski definition) is 2. The Kier molecular flexibility index (Phi) is 6.33. The molecule has 128 valence electrons. The highest BCUT2D eigenvalue weighted by atomic mass is 79.9. The summed E-state index contributed by atoms with van der Waals surface area (Å²) in [6.45, 7) is 7.27. The van der Waals surface area contributed by atoms with E-state index in [2.05, 4.69) is 56.9 Å². The zero-order chi connectivity index (χ0) is 16.8. The first-order valence-corrected chi connectivity index (χ1v) is 9.84. The average Bonchev–Trinajstić information content (AvgIpc) is 3.07. The molecule has 0 aromatic heterocycles. The third-order valence-electron chi connectivity index (χ3n) is 5.10. The summed E-state index contributed by atoms with van der Waals surface area (Å²) in [5, 5.41) is 0. The summed E-state index contributed by atoms with van der Waals surface area (Å²) >= 11 is 3.31. The van der Waals surface area contributed by atoms with Crippen molar-refractivity contribution in [2.24, 2.45) is 0 Å². The Hall–Kier alpha value is -1.32. The number of rotatable bonds is 2. The van der Waals surface area contributed by atoms with E-state index in [1.165, 1.54) is 51.1 Å². The standard InChI is InChI=1S/C15H22N2.C6H5Br/c1-2-16-10-8-14(9-11-16)17-12-7-13-5-3-4-6-15(13)17;7-6-4-2-1-3-5-6/h3-6,14H,2,7-12H2,1H3;1-5H. The number of halogens is 1. The maximum atomic E-state index is 3.31. The lowest BCUT2D eigenvalue weighted by molar-refractivity contribution is 0.219. The molecule has 1 saturated heterocycles. The Bertz CT molecular complexity index is 621. The molecule has 0 N–H and O–H groups in total. The molecule has 0 radical (unpaired) electrons. The van der Waals surface area contributed by atoms with Crippen LogP contribution in [0.25, 0.3) is 0 Å². The van der Waals surface area contributed by atoms with E-state index in [1.807, 2.05) is 30.3 Å². The molecule has 3 heteroatoms. The highest BCUT2D eigenvalue weighted by Crippen LogP contribution is 2.32. The van der Waals surface area contributed by atoms with Crippen LogP contribution in [-0.2, 0) is 6.42 Å². The number of nitrogens with zero attached hydrogens (tertiary/aromatic N) is 2. The van der Waals surface area contributed by atoms with Crippen molar-refractivity contribution in [2.75, 3.05) is 31.1 Å². The fraction of sp³-hybridized carbons (Fsp3) is 0.429. The number of benzene rings is 2. The van der Waals surface area contributed by atoms with Crippen molar-refractivity contribution in [3.63, 3.8) is 0 Å². The maximum absolute atomic E-state index is 3.31. The second-order valence-corrected chi connectivity index (χ2v) is 7.45. The van der Waals surface area contributed by atoms with E-state index in [-0.39, 0.29) is 0 Å². The van der Waals surface area contributed by atoms with Gasteiger partial charge in [-0.2, -0.15) is 0 Å². The van der Waals surface area contributed by atoms with Crippen LogP contribution < -0.4 is 4.90 Å². The van der Waals surface area contributed by atoms with Gasteiger partial charge in [-0.15, -0.1) is 0 Å². The molecular weight excluding hydrogens is 360 g/mol. The van der Waals surface area contributed by atoms with Crippen LogP contribution >= 0.6 is 15.9 Å². The summed E-state index contributed by atoms with van der Waals surface area (Å²) in [6, 6.07) is 19.7. The Labute approximate surface area is 154 Å². The highest BCUT2D eigenvalue weighted by molar-refractivity contribution is 9.10. The fourth-order valence-electron chi connectivity index (χ4n) is 3.70. The van der Waals surface area contributed by atoms with Gasteiger partial charge in [0.05, 0.1) is 0 Å². The largest absolute Gasteiger partial charge is 0.368 e. The van der Waals surface area contributed by atoms with E-state index in [0.29, 0.717) is 0 Å². The van der Waals surface area contributed by atoms with E-state index in [0.717, 1.165) is 10.5 Å². The smallest absolute Gasteiger partial charge is 0.0402 e. The van der Waals surface area contributed by atoms with E-state index >= 15 is 0 Å². The molecule has 2 aromatic rings. The van der Waals surface area contributed by atoms with Crippen molar-refractivity contribution >= 4 is 21.6 Å². The monoisotopic (exact) mass is 386 g/mol. The minimum atomic E-state index is 0.779. The summed E-state index contributed by atoms with van der Waals surface area (Å²) < 4.78 is 1.13. The van der Waals surface area contributed by atoms with Gasteiger partial charge < -0.3 is 9.80 Å². The van der Waals surface area contributed by atoms with Crippen LogP contribution in [0, 0.1) is 0 Å². The van der Waals surface area contributed by atoms with Crippen molar-refractivity contribution in [1.82, 2.24) is 4.90 Å². The second-order valence-electron chi connectivity index (χ2n) is 6.53. The van der Waals surface area contributed by atoms with E-state index in [1.54, 1.807) is 5.56 Å². The Morgan fingerprint density at radius 1 is 0.917 bits per heavy atom. The molecule has 0 aliphatic carbocycles. The summed E-state index contributed by atoms with van der Waals surface area (Å²) in [4.78, 5) is 5.22. The SMILES string of the molecule is Brc1ccccc1.CCN1CCC(N2CCc3ccccc32)CC1. The van der Waals surface area contributed by atoms with E-state index in [4.69, 9.17) is 0 Å². The highest BCUT2D eigenvalue weighted by Gasteiger charge is 2.28. The van der Waals surface area contributed by atoms with Gasteiger partial charge in [-0.05, 0) is 49.6 Å². The van der Waals surface area contributed by atoms with Crippen LogP contribution in [0.3, 0.4) is 0 Å². The quantitative estimate of drug-likeness (QED) is 0.717. The summed E-state index contributed by atoms with van der Waals surface area (Å²) in [5.74, 6) is 0. The van der Waals surface area contributed by atoms with Crippen molar-refractivity contribution in [3.8, 4) is 0 Å². The molecule has 24 heavy (non-hydrogen) atoms. The lowest BCUT2D eigenvalue weighted by Gasteiger charge is -2.37. The first-order valence-electron chi connectivity index (χ1n) is 9.05. The van der Waals surface area contributed by atoms with Gasteiger partial charge in [-0.1, -0.05) is 59.3 Å². The lowest BCUT2D eigenvalue weighted by atomic mass is 10.0. The molecule has 0 spiro atoms. The number of para-hydroxylation sites is 1. The zero-order valence-electron chi connectivity index (χ0n) is 14.5. The minimum absolute atomic E-state index is 0.779. The van der Waals surface area contributed by atoms with Crippen molar-refractivity contribution in [2.45, 2.75) is 32.2 Å². The summed E-state index contributed by atoms with van der Waals surface area (Å²) in [5.41, 5.74) is 3.05. The number of hydrogen-bond donors (Lipinski definition) is 0. The minimum Gasteiger partial charge on any atom is -0.368 e. The molecule has 2 nitrogen and oxygen atoms in total. The molecule has 2 heterocycles. The van der Waals surface area contributed by atoms with E-state index in [9.17, 15) is 0 Å². The van der Waals surface area contributed by atoms with Gasteiger partial charge in [0.15, 0.2) is 0 Å². The van der Waals surface area contributed by atoms with Crippen molar-refractivity contribution in [3.05, 3.63) is 64.6 Å². The van der Waals surface area contributed by atoms with Crippen LogP contribution in [0.2, 0.25) is 0 Å². The third-order valence-corrected chi connectivity index (χ3v) is 5.63. The molecular formula is C21H27BrN2. The molecule has 0 amide bonds. The molecule has 2 aromatic carbocycles. The predicted molar refractivity (Wildman–Crippen MR) is 107 cm³/mol. The van der Waals surface area contributed by atoms with Crippen molar-refractivity contribution in [1.29, 1.82) is 0 Å². The molecule has 1 fully saturated rings. The Morgan fingerprint density at radius 2 is 1.58 bits per heavy atom. The van der Waals surface area contributed by atoms with Crippen LogP contribution in [0.5, 0.6) is 0 Å². The van der Waals surface area contributed by atoms with Crippen LogP contribution in [0.4, 0.5) is 5.69 Å². The maximum Gasteiger partial charge on any atom is 0.0402 e. The van der Waals surface area contributed by atoms with Crippen LogP contribution in [0.1, 0.15) is 25.3 Å². The van der Waals surface area contributed by atoms with Gasteiger partial charge in [0.25, 0.3) is 0 Å². The molecule has 2 aliphatic rings. The average molecular weight is 387 g/mol. The molecule has 0 atom stereocenters. The number of piperidine rings is 1. The van der Waals surface area contributed by atoms with E-state index < -0.39 is 0 Å². The third kappa shape index (κ3) is 4.40.